The van der Waals surface area contributed by atoms with E-state index in [2.05, 4.69) is 4.74 Å². The molecule has 0 bridgehead atoms. The van der Waals surface area contributed by atoms with Crippen LogP contribution in [0.1, 0.15) is 218 Å². The van der Waals surface area contributed by atoms with E-state index >= 15 is 0 Å². The van der Waals surface area contributed by atoms with E-state index in [-0.39, 0.29) is 5.97 Å². The number of ether oxygens (including phenoxy) is 1. The Morgan fingerprint density at radius 3 is 0.683 bits per heavy atom. The van der Waals surface area contributed by atoms with Crippen LogP contribution in [-0.2, 0) is 14.3 Å². The summed E-state index contributed by atoms with van der Waals surface area (Å²) in [4.78, 5) is 21.5. The first-order valence-corrected chi connectivity index (χ1v) is 18.5. The monoisotopic (exact) mass is 581 g/mol. The number of carboxylic acids is 1. The summed E-state index contributed by atoms with van der Waals surface area (Å²) < 4.78 is 4.68. The van der Waals surface area contributed by atoms with Crippen molar-refractivity contribution in [3.05, 3.63) is 0 Å². The van der Waals surface area contributed by atoms with E-state index < -0.39 is 5.97 Å². The maximum Gasteiger partial charge on any atom is 0.305 e. The quantitative estimate of drug-likeness (QED) is 0.0598. The van der Waals surface area contributed by atoms with Crippen molar-refractivity contribution in [3.8, 4) is 0 Å². The molecule has 0 aliphatic heterocycles. The molecule has 0 aromatic rings. The molecular formula is C37H72O4. The molecule has 0 heterocycles. The van der Waals surface area contributed by atoms with Crippen LogP contribution in [0.15, 0.2) is 0 Å². The Hall–Kier alpha value is -1.06. The van der Waals surface area contributed by atoms with Crippen molar-refractivity contribution < 1.29 is 19.4 Å². The minimum Gasteiger partial charge on any atom is -0.481 e. The van der Waals surface area contributed by atoms with Gasteiger partial charge in [0, 0.05) is 12.8 Å². The summed E-state index contributed by atoms with van der Waals surface area (Å²) in [6.07, 6.45) is 44.2. The van der Waals surface area contributed by atoms with E-state index in [0.717, 1.165) is 19.3 Å². The number of esters is 1. The molecule has 1 N–H and O–H groups in total. The first-order chi connectivity index (χ1) is 20.2. The number of rotatable bonds is 35. The van der Waals surface area contributed by atoms with Crippen molar-refractivity contribution in [2.24, 2.45) is 0 Å². The standard InChI is InChI=1S/C37H72O4/c1-41-37(40)35-33-31-29-27-25-23-21-19-17-15-13-11-9-7-5-3-2-4-6-8-10-12-14-16-18-20-22-24-26-28-30-32-34-36(38)39/h2-35H2,1H3,(H,38,39). The number of carboxylic acid groups (broad SMARTS) is 1. The molecule has 0 aromatic heterocycles. The number of aliphatic carboxylic acids is 1. The SMILES string of the molecule is COC(=O)CCCCCCCCCCCCCCCCCCCCCCCCCCCCCCCCCCC(=O)O. The third-order valence-electron chi connectivity index (χ3n) is 8.75. The van der Waals surface area contributed by atoms with Gasteiger partial charge in [0.1, 0.15) is 0 Å². The maximum absolute atomic E-state index is 11.1. The Morgan fingerprint density at radius 2 is 0.512 bits per heavy atom. The fourth-order valence-corrected chi connectivity index (χ4v) is 5.95. The lowest BCUT2D eigenvalue weighted by atomic mass is 10.0. The Bertz CT molecular complexity index is 533. The third-order valence-corrected chi connectivity index (χ3v) is 8.75. The van der Waals surface area contributed by atoms with Crippen LogP contribution in [0, 0.1) is 0 Å². The summed E-state index contributed by atoms with van der Waals surface area (Å²) in [6, 6.07) is 0. The first-order valence-electron chi connectivity index (χ1n) is 18.5. The minimum absolute atomic E-state index is 0.0663. The van der Waals surface area contributed by atoms with E-state index in [9.17, 15) is 9.59 Å². The van der Waals surface area contributed by atoms with Crippen molar-refractivity contribution in [2.75, 3.05) is 7.11 Å². The highest BCUT2D eigenvalue weighted by Crippen LogP contribution is 2.17. The molecule has 4 nitrogen and oxygen atoms in total. The van der Waals surface area contributed by atoms with E-state index in [1.54, 1.807) is 0 Å². The van der Waals surface area contributed by atoms with Gasteiger partial charge in [-0.3, -0.25) is 9.59 Å². The second-order valence-electron chi connectivity index (χ2n) is 12.8. The van der Waals surface area contributed by atoms with E-state index in [4.69, 9.17) is 5.11 Å². The molecule has 0 spiro atoms. The second kappa shape index (κ2) is 35.1. The number of carbonyl (C=O) groups is 2. The molecule has 0 aromatic carbocycles. The summed E-state index contributed by atoms with van der Waals surface area (Å²) in [7, 11) is 1.47. The predicted molar refractivity (Wildman–Crippen MR) is 177 cm³/mol. The zero-order valence-corrected chi connectivity index (χ0v) is 27.7. The summed E-state index contributed by atoms with van der Waals surface area (Å²) >= 11 is 0. The zero-order valence-electron chi connectivity index (χ0n) is 27.7. The normalized spacial score (nSPS) is 11.2. The smallest absolute Gasteiger partial charge is 0.305 e. The van der Waals surface area contributed by atoms with Crippen LogP contribution in [0.4, 0.5) is 0 Å². The fourth-order valence-electron chi connectivity index (χ4n) is 5.95. The van der Waals surface area contributed by atoms with Crippen LogP contribution in [0.2, 0.25) is 0 Å². The van der Waals surface area contributed by atoms with Crippen molar-refractivity contribution in [3.63, 3.8) is 0 Å². The van der Waals surface area contributed by atoms with Gasteiger partial charge in [-0.15, -0.1) is 0 Å². The van der Waals surface area contributed by atoms with Crippen LogP contribution in [0.5, 0.6) is 0 Å². The van der Waals surface area contributed by atoms with Gasteiger partial charge in [-0.2, -0.15) is 0 Å². The molecule has 0 aliphatic carbocycles. The largest absolute Gasteiger partial charge is 0.481 e. The van der Waals surface area contributed by atoms with Gasteiger partial charge in [0.25, 0.3) is 0 Å². The highest BCUT2D eigenvalue weighted by atomic mass is 16.5. The van der Waals surface area contributed by atoms with Gasteiger partial charge in [-0.1, -0.05) is 193 Å². The molecule has 0 saturated heterocycles. The lowest BCUT2D eigenvalue weighted by molar-refractivity contribution is -0.141. The molecule has 0 unspecified atom stereocenters. The molecule has 0 aliphatic rings. The second-order valence-corrected chi connectivity index (χ2v) is 12.8. The average Bonchev–Trinajstić information content (AvgIpc) is 2.97. The van der Waals surface area contributed by atoms with Gasteiger partial charge in [-0.25, -0.2) is 0 Å². The van der Waals surface area contributed by atoms with Crippen LogP contribution < -0.4 is 0 Å². The average molecular weight is 581 g/mol. The summed E-state index contributed by atoms with van der Waals surface area (Å²) in [5.41, 5.74) is 0. The molecule has 41 heavy (non-hydrogen) atoms. The summed E-state index contributed by atoms with van der Waals surface area (Å²) in [6.45, 7) is 0. The van der Waals surface area contributed by atoms with Crippen molar-refractivity contribution in [2.45, 2.75) is 218 Å². The molecule has 244 valence electrons. The molecule has 4 heteroatoms. The Labute approximate surface area is 256 Å². The minimum atomic E-state index is -0.653. The van der Waals surface area contributed by atoms with Gasteiger partial charge in [0.05, 0.1) is 7.11 Å². The van der Waals surface area contributed by atoms with Crippen LogP contribution in [0.25, 0.3) is 0 Å². The Kier molecular flexibility index (Phi) is 34.2. The zero-order chi connectivity index (χ0) is 29.9. The first kappa shape index (κ1) is 39.9. The van der Waals surface area contributed by atoms with E-state index in [1.165, 1.54) is 193 Å². The topological polar surface area (TPSA) is 63.6 Å². The van der Waals surface area contributed by atoms with Crippen LogP contribution in [0.3, 0.4) is 0 Å². The Balaban J connectivity index is 3.05. The number of hydrogen-bond donors (Lipinski definition) is 1. The van der Waals surface area contributed by atoms with Gasteiger partial charge >= 0.3 is 11.9 Å². The molecule has 0 saturated carbocycles. The summed E-state index contributed by atoms with van der Waals surface area (Å²) in [5.74, 6) is -0.719. The fraction of sp³-hybridized carbons (Fsp3) is 0.946. The molecular weight excluding hydrogens is 508 g/mol. The molecule has 0 radical (unpaired) electrons. The summed E-state index contributed by atoms with van der Waals surface area (Å²) in [5, 5.41) is 8.63. The maximum atomic E-state index is 11.1. The third kappa shape index (κ3) is 36.9. The predicted octanol–water partition coefficient (Wildman–Crippen LogP) is 12.5. The van der Waals surface area contributed by atoms with E-state index in [0.29, 0.717) is 12.8 Å². The van der Waals surface area contributed by atoms with Gasteiger partial charge in [-0.05, 0) is 12.8 Å². The number of hydrogen-bond acceptors (Lipinski definition) is 3. The van der Waals surface area contributed by atoms with Crippen LogP contribution in [-0.4, -0.2) is 24.2 Å². The molecule has 0 fully saturated rings. The van der Waals surface area contributed by atoms with Crippen molar-refractivity contribution >= 4 is 11.9 Å². The molecule has 0 atom stereocenters. The van der Waals surface area contributed by atoms with Crippen LogP contribution >= 0.6 is 0 Å². The molecule has 0 amide bonds. The highest BCUT2D eigenvalue weighted by Gasteiger charge is 2.00. The Morgan fingerprint density at radius 1 is 0.341 bits per heavy atom. The van der Waals surface area contributed by atoms with E-state index in [1.807, 2.05) is 0 Å². The van der Waals surface area contributed by atoms with Crippen molar-refractivity contribution in [1.29, 1.82) is 0 Å². The molecule has 0 rings (SSSR count). The lowest BCUT2D eigenvalue weighted by Gasteiger charge is -2.05. The van der Waals surface area contributed by atoms with Crippen molar-refractivity contribution in [1.82, 2.24) is 0 Å². The number of unbranched alkanes of at least 4 members (excludes halogenated alkanes) is 31. The van der Waals surface area contributed by atoms with Gasteiger partial charge in [0.2, 0.25) is 0 Å². The van der Waals surface area contributed by atoms with Gasteiger partial charge < -0.3 is 9.84 Å². The number of carbonyl (C=O) groups excluding carboxylic acids is 1. The lowest BCUT2D eigenvalue weighted by Crippen LogP contribution is -1.99. The van der Waals surface area contributed by atoms with Gasteiger partial charge in [0.15, 0.2) is 0 Å². The highest BCUT2D eigenvalue weighted by molar-refractivity contribution is 5.69. The number of methoxy groups -OCH3 is 1.